The molecule has 0 aliphatic heterocycles. The summed E-state index contributed by atoms with van der Waals surface area (Å²) in [5, 5.41) is 2.65. The summed E-state index contributed by atoms with van der Waals surface area (Å²) in [6.45, 7) is 2.03. The second-order valence-corrected chi connectivity index (χ2v) is 2.86. The molecule has 5 nitrogen and oxygen atoms in total. The molecule has 15 heavy (non-hydrogen) atoms. The number of nitrogens with two attached hydrogens (primary N) is 1. The van der Waals surface area contributed by atoms with E-state index in [0.717, 1.165) is 0 Å². The van der Waals surface area contributed by atoms with Crippen molar-refractivity contribution in [1.82, 2.24) is 15.3 Å². The van der Waals surface area contributed by atoms with Crippen molar-refractivity contribution in [2.24, 2.45) is 0 Å². The van der Waals surface area contributed by atoms with E-state index in [1.54, 1.807) is 12.4 Å². The molecule has 3 N–H and O–H groups in total. The summed E-state index contributed by atoms with van der Waals surface area (Å²) >= 11 is 0. The molecule has 1 amide bonds. The van der Waals surface area contributed by atoms with E-state index in [-0.39, 0.29) is 11.9 Å². The summed E-state index contributed by atoms with van der Waals surface area (Å²) in [6, 6.07) is 0. The first-order chi connectivity index (χ1) is 7.18. The number of aromatic nitrogens is 2. The van der Waals surface area contributed by atoms with Crippen molar-refractivity contribution in [2.45, 2.75) is 13.3 Å². The van der Waals surface area contributed by atoms with Gasteiger partial charge in [0.15, 0.2) is 0 Å². The van der Waals surface area contributed by atoms with Crippen LogP contribution in [0.5, 0.6) is 0 Å². The molecule has 0 spiro atoms. The number of hydrogen-bond acceptors (Lipinski definition) is 4. The van der Waals surface area contributed by atoms with E-state index in [2.05, 4.69) is 27.1 Å². The van der Waals surface area contributed by atoms with Gasteiger partial charge in [0.25, 0.3) is 0 Å². The number of carbonyl (C=O) groups is 1. The zero-order chi connectivity index (χ0) is 11.1. The van der Waals surface area contributed by atoms with Gasteiger partial charge in [-0.25, -0.2) is 9.97 Å². The smallest absolute Gasteiger partial charge is 0.219 e. The van der Waals surface area contributed by atoms with Crippen LogP contribution >= 0.6 is 0 Å². The Morgan fingerprint density at radius 1 is 1.53 bits per heavy atom. The normalized spacial score (nSPS) is 8.87. The van der Waals surface area contributed by atoms with Crippen LogP contribution in [0, 0.1) is 11.8 Å². The Bertz CT molecular complexity index is 388. The van der Waals surface area contributed by atoms with Crippen LogP contribution in [0.3, 0.4) is 0 Å². The maximum absolute atomic E-state index is 10.5. The summed E-state index contributed by atoms with van der Waals surface area (Å²) in [4.78, 5) is 18.1. The van der Waals surface area contributed by atoms with Gasteiger partial charge in [0.2, 0.25) is 11.9 Å². The second-order valence-electron chi connectivity index (χ2n) is 2.86. The van der Waals surface area contributed by atoms with Crippen LogP contribution in [0.1, 0.15) is 18.9 Å². The molecule has 5 heteroatoms. The molecule has 78 valence electrons. The zero-order valence-electron chi connectivity index (χ0n) is 8.45. The number of nitrogen functional groups attached to an aromatic ring is 1. The Kier molecular flexibility index (Phi) is 4.10. The highest BCUT2D eigenvalue weighted by atomic mass is 16.1. The number of nitrogens with one attached hydrogen (secondary N) is 1. The van der Waals surface area contributed by atoms with Gasteiger partial charge < -0.3 is 11.1 Å². The van der Waals surface area contributed by atoms with Crippen LogP contribution < -0.4 is 11.1 Å². The van der Waals surface area contributed by atoms with Gasteiger partial charge in [0, 0.05) is 32.3 Å². The maximum atomic E-state index is 10.5. The Hall–Kier alpha value is -2.09. The first-order valence-corrected chi connectivity index (χ1v) is 4.49. The SMILES string of the molecule is CC(=O)NCCC#Cc1cnc(N)nc1. The number of hydrogen-bond donors (Lipinski definition) is 2. The van der Waals surface area contributed by atoms with Gasteiger partial charge in [0.1, 0.15) is 0 Å². The van der Waals surface area contributed by atoms with Gasteiger partial charge in [-0.05, 0) is 0 Å². The van der Waals surface area contributed by atoms with E-state index in [0.29, 0.717) is 18.5 Å². The quantitative estimate of drug-likeness (QED) is 0.522. The summed E-state index contributed by atoms with van der Waals surface area (Å²) in [7, 11) is 0. The standard InChI is InChI=1S/C10H12N4O/c1-8(15)12-5-3-2-4-9-6-13-10(11)14-7-9/h6-7H,3,5H2,1H3,(H,12,15)(H2,11,13,14). The van der Waals surface area contributed by atoms with E-state index >= 15 is 0 Å². The first kappa shape index (κ1) is 11.0. The van der Waals surface area contributed by atoms with Crippen LogP contribution in [-0.2, 0) is 4.79 Å². The summed E-state index contributed by atoms with van der Waals surface area (Å²) < 4.78 is 0. The lowest BCUT2D eigenvalue weighted by Gasteiger charge is -1.94. The van der Waals surface area contributed by atoms with E-state index in [1.165, 1.54) is 6.92 Å². The molecule has 0 aromatic carbocycles. The Labute approximate surface area is 88.1 Å². The third-order valence-corrected chi connectivity index (χ3v) is 1.53. The third kappa shape index (κ3) is 4.62. The van der Waals surface area contributed by atoms with Crippen LogP contribution in [-0.4, -0.2) is 22.4 Å². The molecule has 0 aliphatic carbocycles. The molecule has 1 aromatic rings. The largest absolute Gasteiger partial charge is 0.368 e. The predicted molar refractivity (Wildman–Crippen MR) is 56.6 cm³/mol. The second kappa shape index (κ2) is 5.60. The summed E-state index contributed by atoms with van der Waals surface area (Å²) in [6.07, 6.45) is 3.73. The van der Waals surface area contributed by atoms with Gasteiger partial charge in [0.05, 0.1) is 5.56 Å². The topological polar surface area (TPSA) is 80.9 Å². The van der Waals surface area contributed by atoms with Crippen molar-refractivity contribution in [2.75, 3.05) is 12.3 Å². The van der Waals surface area contributed by atoms with Gasteiger partial charge in [-0.2, -0.15) is 0 Å². The molecule has 0 atom stereocenters. The Morgan fingerprint density at radius 2 is 2.20 bits per heavy atom. The molecular formula is C10H12N4O. The molecular weight excluding hydrogens is 192 g/mol. The van der Waals surface area contributed by atoms with E-state index in [1.807, 2.05) is 0 Å². The van der Waals surface area contributed by atoms with Gasteiger partial charge in [-0.3, -0.25) is 4.79 Å². The number of carbonyl (C=O) groups excluding carboxylic acids is 1. The lowest BCUT2D eigenvalue weighted by molar-refractivity contribution is -0.118. The van der Waals surface area contributed by atoms with Crippen molar-refractivity contribution in [3.8, 4) is 11.8 Å². The molecule has 0 saturated heterocycles. The van der Waals surface area contributed by atoms with Crippen molar-refractivity contribution in [3.05, 3.63) is 18.0 Å². The van der Waals surface area contributed by atoms with Crippen LogP contribution in [0.15, 0.2) is 12.4 Å². The number of nitrogens with zero attached hydrogens (tertiary/aromatic N) is 2. The molecule has 0 radical (unpaired) electrons. The molecule has 0 bridgehead atoms. The van der Waals surface area contributed by atoms with Gasteiger partial charge >= 0.3 is 0 Å². The summed E-state index contributed by atoms with van der Waals surface area (Å²) in [5.74, 6) is 5.94. The van der Waals surface area contributed by atoms with E-state index in [4.69, 9.17) is 5.73 Å². The van der Waals surface area contributed by atoms with Crippen LogP contribution in [0.2, 0.25) is 0 Å². The third-order valence-electron chi connectivity index (χ3n) is 1.53. The molecule has 1 rings (SSSR count). The molecule has 1 aromatic heterocycles. The molecule has 0 fully saturated rings. The average Bonchev–Trinajstić information content (AvgIpc) is 2.20. The van der Waals surface area contributed by atoms with Crippen molar-refractivity contribution >= 4 is 11.9 Å². The van der Waals surface area contributed by atoms with Crippen molar-refractivity contribution in [3.63, 3.8) is 0 Å². The lowest BCUT2D eigenvalue weighted by atomic mass is 10.3. The lowest BCUT2D eigenvalue weighted by Crippen LogP contribution is -2.20. The van der Waals surface area contributed by atoms with Crippen molar-refractivity contribution in [1.29, 1.82) is 0 Å². The molecule has 0 saturated carbocycles. The van der Waals surface area contributed by atoms with Crippen LogP contribution in [0.4, 0.5) is 5.95 Å². The van der Waals surface area contributed by atoms with Gasteiger partial charge in [-0.1, -0.05) is 11.8 Å². The first-order valence-electron chi connectivity index (χ1n) is 4.49. The van der Waals surface area contributed by atoms with Gasteiger partial charge in [-0.15, -0.1) is 0 Å². The van der Waals surface area contributed by atoms with E-state index in [9.17, 15) is 4.79 Å². The number of rotatable bonds is 2. The monoisotopic (exact) mass is 204 g/mol. The minimum atomic E-state index is -0.0485. The summed E-state index contributed by atoms with van der Waals surface area (Å²) in [5.41, 5.74) is 6.03. The Morgan fingerprint density at radius 3 is 2.80 bits per heavy atom. The highest BCUT2D eigenvalue weighted by Gasteiger charge is 1.89. The number of anilines is 1. The van der Waals surface area contributed by atoms with E-state index < -0.39 is 0 Å². The molecule has 1 heterocycles. The molecule has 0 aliphatic rings. The van der Waals surface area contributed by atoms with Crippen molar-refractivity contribution < 1.29 is 4.79 Å². The highest BCUT2D eigenvalue weighted by molar-refractivity contribution is 5.72. The minimum absolute atomic E-state index is 0.0485. The zero-order valence-corrected chi connectivity index (χ0v) is 8.45. The fourth-order valence-electron chi connectivity index (χ4n) is 0.868. The average molecular weight is 204 g/mol. The molecule has 0 unspecified atom stereocenters. The van der Waals surface area contributed by atoms with Crippen LogP contribution in [0.25, 0.3) is 0 Å². The minimum Gasteiger partial charge on any atom is -0.368 e. The fourth-order valence-corrected chi connectivity index (χ4v) is 0.868. The fraction of sp³-hybridized carbons (Fsp3) is 0.300. The maximum Gasteiger partial charge on any atom is 0.219 e. The predicted octanol–water partition coefficient (Wildman–Crippen LogP) is -0.0635. The number of amides is 1. The Balaban J connectivity index is 2.38. The highest BCUT2D eigenvalue weighted by Crippen LogP contribution is 1.93.